The van der Waals surface area contributed by atoms with Crippen molar-refractivity contribution in [3.05, 3.63) is 47.2 Å². The molecule has 0 radical (unpaired) electrons. The number of aromatic nitrogens is 2. The van der Waals surface area contributed by atoms with Crippen molar-refractivity contribution < 1.29 is 36.9 Å². The van der Waals surface area contributed by atoms with Gasteiger partial charge in [-0.3, -0.25) is 9.69 Å². The second kappa shape index (κ2) is 11.2. The first-order valence-corrected chi connectivity index (χ1v) is 13.0. The van der Waals surface area contributed by atoms with Gasteiger partial charge in [0.15, 0.2) is 11.6 Å². The Hall–Kier alpha value is -3.03. The van der Waals surface area contributed by atoms with Crippen LogP contribution in [0.2, 0.25) is 0 Å². The predicted molar refractivity (Wildman–Crippen MR) is 132 cm³/mol. The maximum absolute atomic E-state index is 14.6. The van der Waals surface area contributed by atoms with Crippen LogP contribution in [0.25, 0.3) is 0 Å². The molecular weight excluding hydrogens is 522 g/mol. The number of nitrogens with zero attached hydrogens (tertiary/aromatic N) is 5. The van der Waals surface area contributed by atoms with Crippen LogP contribution >= 0.6 is 0 Å². The third kappa shape index (κ3) is 6.10. The smallest absolute Gasteiger partial charge is 0.403 e. The van der Waals surface area contributed by atoms with Crippen molar-refractivity contribution in [2.24, 2.45) is 0 Å². The number of aliphatic hydroxyl groups excluding tert-OH is 1. The second-order valence-corrected chi connectivity index (χ2v) is 10.2. The monoisotopic (exact) mass is 553 g/mol. The Balaban J connectivity index is 1.33. The average Bonchev–Trinajstić information content (AvgIpc) is 3.21. The number of aliphatic hydroxyl groups is 1. The largest absolute Gasteiger partial charge is 0.573 e. The van der Waals surface area contributed by atoms with E-state index in [2.05, 4.69) is 19.6 Å². The highest BCUT2D eigenvalue weighted by molar-refractivity contribution is 5.84. The van der Waals surface area contributed by atoms with E-state index < -0.39 is 30.0 Å². The first-order valence-electron chi connectivity index (χ1n) is 13.0. The van der Waals surface area contributed by atoms with Gasteiger partial charge in [-0.1, -0.05) is 13.0 Å². The number of ether oxygens (including phenoxy) is 2. The fraction of sp³-hybridized carbons (Fsp3) is 0.577. The lowest BCUT2D eigenvalue weighted by Crippen LogP contribution is -2.52. The van der Waals surface area contributed by atoms with Gasteiger partial charge in [-0.2, -0.15) is 0 Å². The third-order valence-electron chi connectivity index (χ3n) is 7.60. The molecular formula is C26H31F4N5O4. The number of carbonyl (C=O) groups excluding carboxylic acids is 1. The number of hydrogen-bond donors (Lipinski definition) is 1. The standard InChI is InChI=1S/C26H31F4N5O4/c1-16-12-20(36)23-22(16)24(32-15-31-23)34-4-6-35(7-5-34)25(37)18(14-33-8-10-38-11-9-33)17-2-3-21(19(27)13-17)39-26(28,29)30/h2-3,13,15-16,18,20,36H,4-12,14H2,1H3/t16-,18+,20-/m1/s1. The van der Waals surface area contributed by atoms with E-state index in [9.17, 15) is 27.5 Å². The van der Waals surface area contributed by atoms with Gasteiger partial charge < -0.3 is 24.4 Å². The Kier molecular flexibility index (Phi) is 7.92. The van der Waals surface area contributed by atoms with Gasteiger partial charge in [-0.05, 0) is 30.0 Å². The van der Waals surface area contributed by atoms with Crippen LogP contribution < -0.4 is 9.64 Å². The Morgan fingerprint density at radius 3 is 2.54 bits per heavy atom. The molecule has 1 aromatic carbocycles. The van der Waals surface area contributed by atoms with E-state index in [1.54, 1.807) is 4.90 Å². The van der Waals surface area contributed by atoms with Gasteiger partial charge in [-0.25, -0.2) is 14.4 Å². The lowest BCUT2D eigenvalue weighted by atomic mass is 9.95. The number of halogens is 4. The van der Waals surface area contributed by atoms with Gasteiger partial charge in [0, 0.05) is 51.4 Å². The molecule has 3 atom stereocenters. The normalized spacial score (nSPS) is 23.0. The number of amides is 1. The van der Waals surface area contributed by atoms with Gasteiger partial charge in [0.1, 0.15) is 12.1 Å². The van der Waals surface area contributed by atoms with Crippen LogP contribution in [0.5, 0.6) is 5.75 Å². The zero-order valence-corrected chi connectivity index (χ0v) is 21.5. The van der Waals surface area contributed by atoms with Gasteiger partial charge in [0.25, 0.3) is 0 Å². The maximum Gasteiger partial charge on any atom is 0.573 e. The highest BCUT2D eigenvalue weighted by Crippen LogP contribution is 2.43. The van der Waals surface area contributed by atoms with Crippen molar-refractivity contribution in [1.82, 2.24) is 19.8 Å². The molecule has 0 spiro atoms. The molecule has 0 unspecified atom stereocenters. The van der Waals surface area contributed by atoms with Crippen molar-refractivity contribution in [1.29, 1.82) is 0 Å². The van der Waals surface area contributed by atoms with Crippen molar-refractivity contribution in [3.63, 3.8) is 0 Å². The minimum Gasteiger partial charge on any atom is -0.403 e. The molecule has 2 aromatic rings. The van der Waals surface area contributed by atoms with Crippen molar-refractivity contribution in [3.8, 4) is 5.75 Å². The van der Waals surface area contributed by atoms with E-state index in [0.717, 1.165) is 23.5 Å². The summed E-state index contributed by atoms with van der Waals surface area (Å²) in [7, 11) is 0. The van der Waals surface area contributed by atoms with Crippen LogP contribution in [-0.2, 0) is 9.53 Å². The van der Waals surface area contributed by atoms with E-state index in [-0.39, 0.29) is 23.9 Å². The zero-order valence-electron chi connectivity index (χ0n) is 21.5. The number of hydrogen-bond acceptors (Lipinski definition) is 8. The fourth-order valence-corrected chi connectivity index (χ4v) is 5.62. The van der Waals surface area contributed by atoms with E-state index in [4.69, 9.17) is 4.74 Å². The molecule has 2 fully saturated rings. The lowest BCUT2D eigenvalue weighted by molar-refractivity contribution is -0.275. The number of anilines is 1. The molecule has 0 saturated carbocycles. The molecule has 1 N–H and O–H groups in total. The molecule has 39 heavy (non-hydrogen) atoms. The SMILES string of the molecule is C[C@@H]1C[C@@H](O)c2ncnc(N3CCN(C(=O)[C@@H](CN4CCOCC4)c4ccc(OC(F)(F)F)c(F)c4)CC3)c21. The number of fused-ring (bicyclic) bond motifs is 1. The summed E-state index contributed by atoms with van der Waals surface area (Å²) in [6.45, 7) is 6.32. The second-order valence-electron chi connectivity index (χ2n) is 10.2. The molecule has 5 rings (SSSR count). The van der Waals surface area contributed by atoms with E-state index in [1.165, 1.54) is 12.4 Å². The highest BCUT2D eigenvalue weighted by Gasteiger charge is 2.36. The minimum absolute atomic E-state index is 0.114. The number of alkyl halides is 3. The van der Waals surface area contributed by atoms with Gasteiger partial charge >= 0.3 is 6.36 Å². The fourth-order valence-electron chi connectivity index (χ4n) is 5.62. The maximum atomic E-state index is 14.6. The topological polar surface area (TPSA) is 91.3 Å². The molecule has 212 valence electrons. The Labute approximate surface area is 223 Å². The van der Waals surface area contributed by atoms with Crippen LogP contribution in [-0.4, -0.2) is 96.2 Å². The Bertz CT molecular complexity index is 1190. The van der Waals surface area contributed by atoms with Crippen LogP contribution in [0.4, 0.5) is 23.4 Å². The van der Waals surface area contributed by atoms with E-state index in [0.29, 0.717) is 64.6 Å². The van der Waals surface area contributed by atoms with E-state index >= 15 is 0 Å². The first kappa shape index (κ1) is 27.5. The molecule has 1 aliphatic carbocycles. The molecule has 1 aromatic heterocycles. The number of benzene rings is 1. The van der Waals surface area contributed by atoms with Crippen LogP contribution in [0.15, 0.2) is 24.5 Å². The average molecular weight is 554 g/mol. The quantitative estimate of drug-likeness (QED) is 0.547. The Morgan fingerprint density at radius 1 is 1.15 bits per heavy atom. The van der Waals surface area contributed by atoms with Crippen LogP contribution in [0.1, 0.15) is 48.1 Å². The summed E-state index contributed by atoms with van der Waals surface area (Å²) in [5.41, 5.74) is 1.88. The molecule has 1 amide bonds. The molecule has 2 saturated heterocycles. The van der Waals surface area contributed by atoms with Crippen LogP contribution in [0, 0.1) is 5.82 Å². The molecule has 13 heteroatoms. The molecule has 0 bridgehead atoms. The molecule has 3 heterocycles. The van der Waals surface area contributed by atoms with Crippen LogP contribution in [0.3, 0.4) is 0 Å². The summed E-state index contributed by atoms with van der Waals surface area (Å²) >= 11 is 0. The third-order valence-corrected chi connectivity index (χ3v) is 7.60. The van der Waals surface area contributed by atoms with E-state index in [1.807, 2.05) is 11.8 Å². The zero-order chi connectivity index (χ0) is 27.7. The minimum atomic E-state index is -5.02. The summed E-state index contributed by atoms with van der Waals surface area (Å²) in [6, 6.07) is 3.19. The summed E-state index contributed by atoms with van der Waals surface area (Å²) in [6.07, 6.45) is -3.60. The molecule has 2 aliphatic heterocycles. The summed E-state index contributed by atoms with van der Waals surface area (Å²) in [5, 5.41) is 10.3. The lowest BCUT2D eigenvalue weighted by Gasteiger charge is -2.39. The van der Waals surface area contributed by atoms with Gasteiger partial charge in [-0.15, -0.1) is 13.2 Å². The molecule has 9 nitrogen and oxygen atoms in total. The number of morpholine rings is 1. The number of rotatable bonds is 6. The Morgan fingerprint density at radius 2 is 1.87 bits per heavy atom. The van der Waals surface area contributed by atoms with Crippen molar-refractivity contribution in [2.75, 3.05) is 63.9 Å². The summed E-state index contributed by atoms with van der Waals surface area (Å²) in [5.74, 6) is -2.23. The predicted octanol–water partition coefficient (Wildman–Crippen LogP) is 2.82. The molecule has 3 aliphatic rings. The summed E-state index contributed by atoms with van der Waals surface area (Å²) < 4.78 is 61.7. The van der Waals surface area contributed by atoms with Crippen molar-refractivity contribution >= 4 is 11.7 Å². The van der Waals surface area contributed by atoms with Gasteiger partial charge in [0.05, 0.1) is 30.9 Å². The summed E-state index contributed by atoms with van der Waals surface area (Å²) in [4.78, 5) is 28.4. The van der Waals surface area contributed by atoms with Crippen molar-refractivity contribution in [2.45, 2.75) is 37.6 Å². The number of piperazine rings is 1. The van der Waals surface area contributed by atoms with Gasteiger partial charge in [0.2, 0.25) is 5.91 Å². The number of carbonyl (C=O) groups is 1. The first-order chi connectivity index (χ1) is 18.6. The highest BCUT2D eigenvalue weighted by atomic mass is 19.4.